The molecule has 0 aliphatic carbocycles. The second-order valence-electron chi connectivity index (χ2n) is 5.15. The number of aliphatic imine (C=N–C) groups is 1. The number of aromatic nitrogens is 3. The number of rotatable bonds is 3. The first-order chi connectivity index (χ1) is 10.0. The van der Waals surface area contributed by atoms with Crippen molar-refractivity contribution < 1.29 is 4.42 Å². The number of aryl methyl sites for hydroxylation is 2. The molecule has 1 unspecified atom stereocenters. The fourth-order valence-electron chi connectivity index (χ4n) is 2.44. The lowest BCUT2D eigenvalue weighted by molar-refractivity contribution is 0.320. The van der Waals surface area contributed by atoms with Crippen LogP contribution in [0.4, 0.5) is 0 Å². The quantitative estimate of drug-likeness (QED) is 0.915. The van der Waals surface area contributed by atoms with Gasteiger partial charge in [-0.1, -0.05) is 0 Å². The molecule has 0 bridgehead atoms. The maximum absolute atomic E-state index is 5.92. The van der Waals surface area contributed by atoms with E-state index in [0.717, 1.165) is 17.2 Å². The number of hydrogen-bond acceptors (Lipinski definition) is 6. The first-order valence-corrected chi connectivity index (χ1v) is 6.75. The van der Waals surface area contributed by atoms with Gasteiger partial charge in [0.15, 0.2) is 0 Å². The zero-order valence-electron chi connectivity index (χ0n) is 12.3. The van der Waals surface area contributed by atoms with E-state index < -0.39 is 0 Å². The summed E-state index contributed by atoms with van der Waals surface area (Å²) in [4.78, 5) is 15.1. The molecule has 110 valence electrons. The van der Waals surface area contributed by atoms with Crippen molar-refractivity contribution in [1.82, 2.24) is 19.4 Å². The average Bonchev–Trinajstić information content (AvgIpc) is 3.04. The summed E-state index contributed by atoms with van der Waals surface area (Å²) in [5, 5.41) is 0. The van der Waals surface area contributed by atoms with E-state index in [0.29, 0.717) is 18.3 Å². The largest absolute Gasteiger partial charge is 0.444 e. The van der Waals surface area contributed by atoms with Crippen LogP contribution >= 0.6 is 0 Å². The van der Waals surface area contributed by atoms with E-state index in [1.165, 1.54) is 6.26 Å². The highest BCUT2D eigenvalue weighted by molar-refractivity contribution is 6.01. The summed E-state index contributed by atoms with van der Waals surface area (Å²) in [6.07, 6.45) is 6.97. The van der Waals surface area contributed by atoms with Gasteiger partial charge in [-0.3, -0.25) is 0 Å². The Balaban J connectivity index is 1.87. The van der Waals surface area contributed by atoms with Gasteiger partial charge in [-0.05, 0) is 13.8 Å². The molecule has 0 fully saturated rings. The van der Waals surface area contributed by atoms with Crippen LogP contribution in [-0.4, -0.2) is 31.2 Å². The van der Waals surface area contributed by atoms with Crippen LogP contribution in [-0.2, 0) is 13.6 Å². The minimum absolute atomic E-state index is 0.00737. The Kier molecular flexibility index (Phi) is 3.25. The third kappa shape index (κ3) is 2.54. The highest BCUT2D eigenvalue weighted by Gasteiger charge is 2.26. The van der Waals surface area contributed by atoms with Gasteiger partial charge in [0.2, 0.25) is 5.89 Å². The summed E-state index contributed by atoms with van der Waals surface area (Å²) < 4.78 is 7.36. The van der Waals surface area contributed by atoms with Gasteiger partial charge < -0.3 is 19.6 Å². The molecule has 1 aliphatic heterocycles. The van der Waals surface area contributed by atoms with Gasteiger partial charge in [0.25, 0.3) is 0 Å². The lowest BCUT2D eigenvalue weighted by Crippen LogP contribution is -2.39. The third-order valence-corrected chi connectivity index (χ3v) is 3.51. The Labute approximate surface area is 122 Å². The molecule has 3 heterocycles. The first kappa shape index (κ1) is 13.4. The maximum Gasteiger partial charge on any atom is 0.242 e. The molecular weight excluding hydrogens is 268 g/mol. The van der Waals surface area contributed by atoms with Crippen molar-refractivity contribution in [3.8, 4) is 0 Å². The Morgan fingerprint density at radius 2 is 2.24 bits per heavy atom. The molecular formula is C14H18N6O. The van der Waals surface area contributed by atoms with Crippen molar-refractivity contribution in [2.45, 2.75) is 26.4 Å². The van der Waals surface area contributed by atoms with E-state index in [2.05, 4.69) is 19.9 Å². The minimum Gasteiger partial charge on any atom is -0.444 e. The summed E-state index contributed by atoms with van der Waals surface area (Å²) in [7, 11) is 1.99. The molecule has 0 saturated heterocycles. The Morgan fingerprint density at radius 3 is 2.86 bits per heavy atom. The van der Waals surface area contributed by atoms with Crippen LogP contribution in [0, 0.1) is 6.92 Å². The highest BCUT2D eigenvalue weighted by atomic mass is 16.3. The van der Waals surface area contributed by atoms with Crippen LogP contribution in [0.3, 0.4) is 0 Å². The van der Waals surface area contributed by atoms with E-state index >= 15 is 0 Å². The van der Waals surface area contributed by atoms with Crippen molar-refractivity contribution in [1.29, 1.82) is 0 Å². The summed E-state index contributed by atoms with van der Waals surface area (Å²) in [5.41, 5.74) is 7.64. The molecule has 2 N–H and O–H groups in total. The van der Waals surface area contributed by atoms with Gasteiger partial charge in [-0.25, -0.2) is 15.0 Å². The molecule has 0 aromatic carbocycles. The lowest BCUT2D eigenvalue weighted by atomic mass is 10.1. The van der Waals surface area contributed by atoms with E-state index in [1.54, 1.807) is 6.20 Å². The van der Waals surface area contributed by atoms with E-state index in [1.807, 2.05) is 37.9 Å². The molecule has 1 atom stereocenters. The molecule has 0 saturated carbocycles. The molecule has 2 aromatic heterocycles. The first-order valence-electron chi connectivity index (χ1n) is 6.75. The molecule has 0 amide bonds. The summed E-state index contributed by atoms with van der Waals surface area (Å²) >= 11 is 0. The smallest absolute Gasteiger partial charge is 0.242 e. The lowest BCUT2D eigenvalue weighted by Gasteiger charge is -2.30. The Hall–Kier alpha value is -2.57. The van der Waals surface area contributed by atoms with Crippen molar-refractivity contribution in [2.24, 2.45) is 17.8 Å². The molecule has 21 heavy (non-hydrogen) atoms. The third-order valence-electron chi connectivity index (χ3n) is 3.51. The van der Waals surface area contributed by atoms with Crippen molar-refractivity contribution in [2.75, 3.05) is 0 Å². The fraction of sp³-hybridized carbons (Fsp3) is 0.357. The van der Waals surface area contributed by atoms with Gasteiger partial charge in [-0.15, -0.1) is 0 Å². The predicted octanol–water partition coefficient (Wildman–Crippen LogP) is 1.17. The van der Waals surface area contributed by atoms with E-state index in [4.69, 9.17) is 10.2 Å². The fourth-order valence-corrected chi connectivity index (χ4v) is 2.44. The normalized spacial score (nSPS) is 18.6. The van der Waals surface area contributed by atoms with Crippen LogP contribution in [0.15, 0.2) is 40.1 Å². The minimum atomic E-state index is 0.00737. The molecule has 1 aliphatic rings. The Bertz CT molecular complexity index is 697. The van der Waals surface area contributed by atoms with Crippen molar-refractivity contribution in [3.63, 3.8) is 0 Å². The van der Waals surface area contributed by atoms with Crippen LogP contribution in [0.5, 0.6) is 0 Å². The number of oxazole rings is 1. The molecule has 3 rings (SSSR count). The van der Waals surface area contributed by atoms with Crippen LogP contribution < -0.4 is 5.73 Å². The van der Waals surface area contributed by atoms with Gasteiger partial charge in [0.05, 0.1) is 24.5 Å². The van der Waals surface area contributed by atoms with Crippen LogP contribution in [0.25, 0.3) is 0 Å². The SMILES string of the molecule is Cc1cn(C)c(CN2C=C(N)N=C(c3ncco3)C2C)n1. The number of hydrogen-bond donors (Lipinski definition) is 1. The number of imidazole rings is 1. The second-order valence-corrected chi connectivity index (χ2v) is 5.15. The van der Waals surface area contributed by atoms with Gasteiger partial charge in [0, 0.05) is 19.4 Å². The van der Waals surface area contributed by atoms with Gasteiger partial charge >= 0.3 is 0 Å². The molecule has 0 radical (unpaired) electrons. The zero-order valence-corrected chi connectivity index (χ0v) is 12.3. The number of nitrogens with two attached hydrogens (primary N) is 1. The van der Waals surface area contributed by atoms with Crippen LogP contribution in [0.2, 0.25) is 0 Å². The van der Waals surface area contributed by atoms with Crippen LogP contribution in [0.1, 0.15) is 24.3 Å². The monoisotopic (exact) mass is 286 g/mol. The average molecular weight is 286 g/mol. The maximum atomic E-state index is 5.92. The standard InChI is InChI=1S/C14H18N6O/c1-9-6-19(3)12(17-9)8-20-7-11(15)18-13(10(20)2)14-16-4-5-21-14/h4-7,10H,8,15H2,1-3H3. The number of nitrogens with zero attached hydrogens (tertiary/aromatic N) is 5. The van der Waals surface area contributed by atoms with Gasteiger partial charge in [-0.2, -0.15) is 0 Å². The Morgan fingerprint density at radius 1 is 1.43 bits per heavy atom. The summed E-state index contributed by atoms with van der Waals surface area (Å²) in [5.74, 6) is 1.91. The zero-order chi connectivity index (χ0) is 15.0. The summed E-state index contributed by atoms with van der Waals surface area (Å²) in [6, 6.07) is 0.00737. The molecule has 7 nitrogen and oxygen atoms in total. The van der Waals surface area contributed by atoms with Gasteiger partial charge in [0.1, 0.15) is 23.6 Å². The highest BCUT2D eigenvalue weighted by Crippen LogP contribution is 2.18. The van der Waals surface area contributed by atoms with E-state index in [9.17, 15) is 0 Å². The second kappa shape index (κ2) is 5.08. The predicted molar refractivity (Wildman–Crippen MR) is 78.3 cm³/mol. The topological polar surface area (TPSA) is 85.5 Å². The van der Waals surface area contributed by atoms with Crippen molar-refractivity contribution in [3.05, 3.63) is 48.1 Å². The molecule has 0 spiro atoms. The van der Waals surface area contributed by atoms with Crippen molar-refractivity contribution >= 4 is 5.71 Å². The summed E-state index contributed by atoms with van der Waals surface area (Å²) in [6.45, 7) is 4.67. The molecule has 7 heteroatoms. The van der Waals surface area contributed by atoms with E-state index in [-0.39, 0.29) is 6.04 Å². The molecule has 2 aromatic rings.